The zero-order valence-electron chi connectivity index (χ0n) is 9.97. The maximum atomic E-state index is 11.0. The van der Waals surface area contributed by atoms with Crippen LogP contribution in [0.4, 0.5) is 0 Å². The fraction of sp³-hybridized carbons (Fsp3) is 0.600. The number of hydrogen-bond acceptors (Lipinski definition) is 5. The van der Waals surface area contributed by atoms with Gasteiger partial charge in [-0.3, -0.25) is 0 Å². The minimum absolute atomic E-state index is 0.188. The van der Waals surface area contributed by atoms with Gasteiger partial charge in [0.1, 0.15) is 5.76 Å². The number of sulfonamides is 1. The van der Waals surface area contributed by atoms with Crippen LogP contribution < -0.4 is 10.5 Å². The molecule has 0 fully saturated rings. The van der Waals surface area contributed by atoms with Gasteiger partial charge in [-0.15, -0.1) is 0 Å². The molecule has 17 heavy (non-hydrogen) atoms. The number of hydrogen-bond donors (Lipinski definition) is 2. The molecule has 98 valence electrons. The van der Waals surface area contributed by atoms with Crippen LogP contribution in [0.25, 0.3) is 0 Å². The number of primary sulfonamides is 1. The van der Waals surface area contributed by atoms with Crippen LogP contribution in [0.1, 0.15) is 12.7 Å². The van der Waals surface area contributed by atoms with Crippen molar-refractivity contribution < 1.29 is 12.8 Å². The van der Waals surface area contributed by atoms with E-state index >= 15 is 0 Å². The molecule has 0 bridgehead atoms. The summed E-state index contributed by atoms with van der Waals surface area (Å²) in [4.78, 5) is 0. The number of thioether (sulfide) groups is 1. The first-order valence-corrected chi connectivity index (χ1v) is 8.18. The average Bonchev–Trinajstić information content (AvgIpc) is 2.66. The quantitative estimate of drug-likeness (QED) is 0.777. The number of furan rings is 1. The van der Waals surface area contributed by atoms with Crippen LogP contribution >= 0.6 is 11.8 Å². The molecule has 3 N–H and O–H groups in total. The summed E-state index contributed by atoms with van der Waals surface area (Å²) in [5, 5.41) is 7.96. The van der Waals surface area contributed by atoms with Gasteiger partial charge in [0.15, 0.2) is 0 Å². The molecule has 0 saturated heterocycles. The van der Waals surface area contributed by atoms with Crippen molar-refractivity contribution in [2.24, 2.45) is 11.1 Å². The lowest BCUT2D eigenvalue weighted by Crippen LogP contribution is -2.21. The molecule has 1 unspecified atom stereocenters. The van der Waals surface area contributed by atoms with E-state index in [2.05, 4.69) is 18.5 Å². The SMILES string of the molecule is CSCC(C)CNCc1ccc(S(N)(=O)=O)o1. The van der Waals surface area contributed by atoms with Crippen molar-refractivity contribution in [3.05, 3.63) is 17.9 Å². The predicted molar refractivity (Wildman–Crippen MR) is 69.3 cm³/mol. The molecule has 1 heterocycles. The van der Waals surface area contributed by atoms with Crippen LogP contribution in [0.3, 0.4) is 0 Å². The van der Waals surface area contributed by atoms with Crippen molar-refractivity contribution in [3.63, 3.8) is 0 Å². The summed E-state index contributed by atoms with van der Waals surface area (Å²) < 4.78 is 27.1. The largest absolute Gasteiger partial charge is 0.447 e. The van der Waals surface area contributed by atoms with E-state index in [9.17, 15) is 8.42 Å². The Bertz CT molecular complexity index is 442. The van der Waals surface area contributed by atoms with E-state index < -0.39 is 10.0 Å². The lowest BCUT2D eigenvalue weighted by Gasteiger charge is -2.09. The Kier molecular flexibility index (Phi) is 5.51. The summed E-state index contributed by atoms with van der Waals surface area (Å²) in [6.07, 6.45) is 2.07. The molecular formula is C10H18N2O3S2. The van der Waals surface area contributed by atoms with Gasteiger partial charge < -0.3 is 9.73 Å². The van der Waals surface area contributed by atoms with E-state index in [1.165, 1.54) is 6.07 Å². The van der Waals surface area contributed by atoms with Crippen molar-refractivity contribution in [2.45, 2.75) is 18.6 Å². The highest BCUT2D eigenvalue weighted by Crippen LogP contribution is 2.12. The Morgan fingerprint density at radius 2 is 2.24 bits per heavy atom. The van der Waals surface area contributed by atoms with Gasteiger partial charge in [-0.1, -0.05) is 6.92 Å². The molecule has 0 radical (unpaired) electrons. The highest BCUT2D eigenvalue weighted by Gasteiger charge is 2.12. The standard InChI is InChI=1S/C10H18N2O3S2/c1-8(7-16-2)5-12-6-9-3-4-10(15-9)17(11,13)14/h3-4,8,12H,5-7H2,1-2H3,(H2,11,13,14). The summed E-state index contributed by atoms with van der Waals surface area (Å²) in [5.41, 5.74) is 0. The molecule has 1 aromatic rings. The fourth-order valence-electron chi connectivity index (χ4n) is 1.39. The first kappa shape index (κ1) is 14.6. The van der Waals surface area contributed by atoms with Crippen LogP contribution in [0.15, 0.2) is 21.6 Å². The van der Waals surface area contributed by atoms with E-state index in [0.29, 0.717) is 18.2 Å². The molecule has 0 aliphatic rings. The summed E-state index contributed by atoms with van der Waals surface area (Å²) in [6.45, 7) is 3.53. The molecule has 1 atom stereocenters. The van der Waals surface area contributed by atoms with Crippen LogP contribution in [0.5, 0.6) is 0 Å². The zero-order valence-corrected chi connectivity index (χ0v) is 11.6. The molecule has 1 rings (SSSR count). The highest BCUT2D eigenvalue weighted by atomic mass is 32.2. The minimum atomic E-state index is -3.73. The van der Waals surface area contributed by atoms with Gasteiger partial charge in [-0.05, 0) is 36.6 Å². The zero-order chi connectivity index (χ0) is 12.9. The Labute approximate surface area is 106 Å². The molecular weight excluding hydrogens is 260 g/mol. The van der Waals surface area contributed by atoms with Crippen molar-refractivity contribution in [1.29, 1.82) is 0 Å². The normalized spacial score (nSPS) is 13.8. The summed E-state index contributed by atoms with van der Waals surface area (Å²) in [6, 6.07) is 2.99. The molecule has 0 aromatic carbocycles. The van der Waals surface area contributed by atoms with Gasteiger partial charge in [-0.25, -0.2) is 13.6 Å². The molecule has 7 heteroatoms. The lowest BCUT2D eigenvalue weighted by atomic mass is 10.2. The van der Waals surface area contributed by atoms with E-state index in [1.54, 1.807) is 17.8 Å². The first-order valence-electron chi connectivity index (χ1n) is 5.24. The minimum Gasteiger partial charge on any atom is -0.447 e. The first-order chi connectivity index (χ1) is 7.93. The molecule has 0 aliphatic carbocycles. The summed E-state index contributed by atoms with van der Waals surface area (Å²) in [7, 11) is -3.73. The number of nitrogens with one attached hydrogen (secondary N) is 1. The maximum absolute atomic E-state index is 11.0. The smallest absolute Gasteiger partial charge is 0.271 e. The monoisotopic (exact) mass is 278 g/mol. The predicted octanol–water partition coefficient (Wildman–Crippen LogP) is 1.02. The Morgan fingerprint density at radius 3 is 2.76 bits per heavy atom. The van der Waals surface area contributed by atoms with Gasteiger partial charge >= 0.3 is 0 Å². The van der Waals surface area contributed by atoms with Crippen LogP contribution in [0.2, 0.25) is 0 Å². The van der Waals surface area contributed by atoms with E-state index in [1.807, 2.05) is 0 Å². The highest BCUT2D eigenvalue weighted by molar-refractivity contribution is 7.98. The Hall–Kier alpha value is -0.500. The molecule has 0 spiro atoms. The third-order valence-corrected chi connectivity index (χ3v) is 3.84. The van der Waals surface area contributed by atoms with Gasteiger partial charge in [0.05, 0.1) is 6.54 Å². The van der Waals surface area contributed by atoms with Gasteiger partial charge in [0.2, 0.25) is 5.09 Å². The van der Waals surface area contributed by atoms with E-state index in [0.717, 1.165) is 12.3 Å². The summed E-state index contributed by atoms with van der Waals surface area (Å²) >= 11 is 1.80. The van der Waals surface area contributed by atoms with Crippen molar-refractivity contribution in [2.75, 3.05) is 18.6 Å². The van der Waals surface area contributed by atoms with Gasteiger partial charge in [0.25, 0.3) is 10.0 Å². The fourth-order valence-corrected chi connectivity index (χ4v) is 2.56. The maximum Gasteiger partial charge on any atom is 0.271 e. The van der Waals surface area contributed by atoms with Crippen LogP contribution in [-0.2, 0) is 16.6 Å². The van der Waals surface area contributed by atoms with E-state index in [4.69, 9.17) is 9.56 Å². The second kappa shape index (κ2) is 6.44. The molecule has 0 saturated carbocycles. The summed E-state index contributed by atoms with van der Waals surface area (Å²) in [5.74, 6) is 2.23. The third kappa shape index (κ3) is 5.12. The van der Waals surface area contributed by atoms with Crippen LogP contribution in [0, 0.1) is 5.92 Å². The van der Waals surface area contributed by atoms with Gasteiger partial charge in [0, 0.05) is 0 Å². The molecule has 0 amide bonds. The Balaban J connectivity index is 2.41. The average molecular weight is 278 g/mol. The lowest BCUT2D eigenvalue weighted by molar-refractivity contribution is 0.397. The molecule has 1 aromatic heterocycles. The third-order valence-electron chi connectivity index (χ3n) is 2.16. The van der Waals surface area contributed by atoms with Crippen molar-refractivity contribution >= 4 is 21.8 Å². The van der Waals surface area contributed by atoms with E-state index in [-0.39, 0.29) is 5.09 Å². The van der Waals surface area contributed by atoms with Crippen molar-refractivity contribution in [1.82, 2.24) is 5.32 Å². The second-order valence-corrected chi connectivity index (χ2v) is 6.36. The van der Waals surface area contributed by atoms with Crippen molar-refractivity contribution in [3.8, 4) is 0 Å². The number of nitrogens with two attached hydrogens (primary N) is 1. The second-order valence-electron chi connectivity index (χ2n) is 3.96. The topological polar surface area (TPSA) is 85.3 Å². The molecule has 5 nitrogen and oxygen atoms in total. The van der Waals surface area contributed by atoms with Gasteiger partial charge in [-0.2, -0.15) is 11.8 Å². The number of rotatable bonds is 7. The van der Waals surface area contributed by atoms with Crippen LogP contribution in [-0.4, -0.2) is 27.0 Å². The molecule has 0 aliphatic heterocycles. The Morgan fingerprint density at radius 1 is 1.53 bits per heavy atom.